The van der Waals surface area contributed by atoms with E-state index >= 15 is 0 Å². The topological polar surface area (TPSA) is 41.6 Å². The van der Waals surface area contributed by atoms with Crippen molar-refractivity contribution in [3.63, 3.8) is 0 Å². The minimum absolute atomic E-state index is 0.105. The highest BCUT2D eigenvalue weighted by Gasteiger charge is 2.54. The van der Waals surface area contributed by atoms with Gasteiger partial charge in [-0.25, -0.2) is 0 Å². The molecule has 1 saturated heterocycles. The van der Waals surface area contributed by atoms with Crippen LogP contribution in [0.4, 0.5) is 13.2 Å². The molecule has 1 N–H and O–H groups in total. The van der Waals surface area contributed by atoms with Crippen molar-refractivity contribution >= 4 is 5.97 Å². The van der Waals surface area contributed by atoms with Gasteiger partial charge in [-0.2, -0.15) is 13.2 Å². The largest absolute Gasteiger partial charge is 0.468 e. The maximum absolute atomic E-state index is 13.0. The molecule has 2 rings (SSSR count). The van der Waals surface area contributed by atoms with Crippen LogP contribution in [0.2, 0.25) is 0 Å². The molecular weight excluding hydrogens is 273 g/mol. The number of carbonyl (C=O) groups is 1. The Bertz CT molecular complexity index is 356. The molecule has 0 amide bonds. The first-order valence-corrected chi connectivity index (χ1v) is 7.01. The van der Waals surface area contributed by atoms with E-state index in [1.807, 2.05) is 4.90 Å². The number of rotatable bonds is 2. The van der Waals surface area contributed by atoms with Crippen LogP contribution in [0.15, 0.2) is 0 Å². The Morgan fingerprint density at radius 3 is 2.55 bits per heavy atom. The van der Waals surface area contributed by atoms with E-state index in [0.29, 0.717) is 39.0 Å². The molecule has 0 aromatic carbocycles. The fraction of sp³-hybridized carbons (Fsp3) is 0.923. The molecule has 2 aliphatic rings. The summed E-state index contributed by atoms with van der Waals surface area (Å²) in [7, 11) is 1.25. The van der Waals surface area contributed by atoms with Crippen molar-refractivity contribution < 1.29 is 22.7 Å². The van der Waals surface area contributed by atoms with E-state index in [1.54, 1.807) is 0 Å². The van der Waals surface area contributed by atoms with Crippen LogP contribution < -0.4 is 5.32 Å². The van der Waals surface area contributed by atoms with Crippen LogP contribution in [0.25, 0.3) is 0 Å². The number of nitrogens with zero attached hydrogens (tertiary/aromatic N) is 1. The van der Waals surface area contributed by atoms with Gasteiger partial charge < -0.3 is 10.1 Å². The Labute approximate surface area is 116 Å². The van der Waals surface area contributed by atoms with Crippen molar-refractivity contribution in [2.24, 2.45) is 5.92 Å². The molecule has 1 aliphatic carbocycles. The van der Waals surface area contributed by atoms with Crippen molar-refractivity contribution in [2.75, 3.05) is 33.3 Å². The minimum atomic E-state index is -4.24. The van der Waals surface area contributed by atoms with Crippen LogP contribution in [-0.4, -0.2) is 55.9 Å². The van der Waals surface area contributed by atoms with Crippen molar-refractivity contribution in [2.45, 2.75) is 37.4 Å². The van der Waals surface area contributed by atoms with Crippen molar-refractivity contribution in [1.29, 1.82) is 0 Å². The number of esters is 1. The van der Waals surface area contributed by atoms with Crippen LogP contribution in [-0.2, 0) is 9.53 Å². The van der Waals surface area contributed by atoms with Gasteiger partial charge in [0.1, 0.15) is 5.54 Å². The average Bonchev–Trinajstić information content (AvgIpc) is 2.46. The van der Waals surface area contributed by atoms with Crippen molar-refractivity contribution in [1.82, 2.24) is 10.2 Å². The lowest BCUT2D eigenvalue weighted by atomic mass is 9.74. The smallest absolute Gasteiger partial charge is 0.391 e. The molecule has 4 nitrogen and oxygen atoms in total. The third-order valence-electron chi connectivity index (χ3n) is 4.48. The summed E-state index contributed by atoms with van der Waals surface area (Å²) < 4.78 is 43.9. The SMILES string of the molecule is COC(=O)C1(N2CCNCC2)CCCC(C(F)(F)F)C1. The maximum Gasteiger partial charge on any atom is 0.391 e. The summed E-state index contributed by atoms with van der Waals surface area (Å²) in [4.78, 5) is 14.1. The first-order valence-electron chi connectivity index (χ1n) is 7.01. The summed E-state index contributed by atoms with van der Waals surface area (Å²) in [5.41, 5.74) is -1.10. The Morgan fingerprint density at radius 2 is 2.00 bits per heavy atom. The van der Waals surface area contributed by atoms with Gasteiger partial charge in [0.05, 0.1) is 13.0 Å². The van der Waals surface area contributed by atoms with E-state index in [4.69, 9.17) is 4.74 Å². The monoisotopic (exact) mass is 294 g/mol. The number of hydrogen-bond acceptors (Lipinski definition) is 4. The van der Waals surface area contributed by atoms with Gasteiger partial charge in [0, 0.05) is 26.2 Å². The summed E-state index contributed by atoms with van der Waals surface area (Å²) in [6, 6.07) is 0. The van der Waals surface area contributed by atoms with Gasteiger partial charge in [-0.1, -0.05) is 6.42 Å². The second-order valence-corrected chi connectivity index (χ2v) is 5.60. The number of methoxy groups -OCH3 is 1. The molecular formula is C13H21F3N2O2. The molecule has 2 atom stereocenters. The van der Waals surface area contributed by atoms with E-state index in [1.165, 1.54) is 7.11 Å². The Kier molecular flexibility index (Phi) is 4.59. The average molecular weight is 294 g/mol. The van der Waals surface area contributed by atoms with Gasteiger partial charge >= 0.3 is 12.1 Å². The lowest BCUT2D eigenvalue weighted by molar-refractivity contribution is -0.200. The highest BCUT2D eigenvalue weighted by Crippen LogP contribution is 2.44. The molecule has 0 spiro atoms. The lowest BCUT2D eigenvalue weighted by Gasteiger charge is -2.48. The normalized spacial score (nSPS) is 32.9. The molecule has 0 aromatic heterocycles. The number of hydrogen-bond donors (Lipinski definition) is 1. The van der Waals surface area contributed by atoms with Crippen LogP contribution in [0, 0.1) is 5.92 Å². The van der Waals surface area contributed by atoms with E-state index in [0.717, 1.165) is 0 Å². The predicted octanol–water partition coefficient (Wildman–Crippen LogP) is 1.56. The molecule has 7 heteroatoms. The second-order valence-electron chi connectivity index (χ2n) is 5.60. The number of nitrogens with one attached hydrogen (secondary N) is 1. The van der Waals surface area contributed by atoms with Crippen LogP contribution >= 0.6 is 0 Å². The summed E-state index contributed by atoms with van der Waals surface area (Å²) in [6.45, 7) is 2.55. The number of alkyl halides is 3. The molecule has 0 aromatic rings. The molecule has 0 bridgehead atoms. The highest BCUT2D eigenvalue weighted by molar-refractivity contribution is 5.81. The minimum Gasteiger partial charge on any atom is -0.468 e. The van der Waals surface area contributed by atoms with E-state index in [-0.39, 0.29) is 12.8 Å². The van der Waals surface area contributed by atoms with Gasteiger partial charge in [-0.3, -0.25) is 9.69 Å². The van der Waals surface area contributed by atoms with E-state index in [9.17, 15) is 18.0 Å². The summed E-state index contributed by atoms with van der Waals surface area (Å²) in [5.74, 6) is -1.93. The summed E-state index contributed by atoms with van der Waals surface area (Å²) >= 11 is 0. The second kappa shape index (κ2) is 5.89. The lowest BCUT2D eigenvalue weighted by Crippen LogP contribution is -2.63. The first-order chi connectivity index (χ1) is 9.40. The third-order valence-corrected chi connectivity index (χ3v) is 4.48. The molecule has 1 aliphatic heterocycles. The highest BCUT2D eigenvalue weighted by atomic mass is 19.4. The molecule has 1 heterocycles. The van der Waals surface area contributed by atoms with E-state index in [2.05, 4.69) is 5.32 Å². The van der Waals surface area contributed by atoms with E-state index < -0.39 is 23.6 Å². The molecule has 2 unspecified atom stereocenters. The molecule has 20 heavy (non-hydrogen) atoms. The maximum atomic E-state index is 13.0. The third kappa shape index (κ3) is 2.93. The van der Waals surface area contributed by atoms with Crippen LogP contribution in [0.3, 0.4) is 0 Å². The number of piperazine rings is 1. The van der Waals surface area contributed by atoms with Crippen molar-refractivity contribution in [3.05, 3.63) is 0 Å². The molecule has 1 saturated carbocycles. The number of carbonyl (C=O) groups excluding carboxylic acids is 1. The zero-order chi connectivity index (χ0) is 14.8. The Balaban J connectivity index is 2.24. The first kappa shape index (κ1) is 15.6. The van der Waals surface area contributed by atoms with Crippen LogP contribution in [0.5, 0.6) is 0 Å². The van der Waals surface area contributed by atoms with Gasteiger partial charge in [0.15, 0.2) is 0 Å². The molecule has 0 radical (unpaired) electrons. The summed E-state index contributed by atoms with van der Waals surface area (Å²) in [6.07, 6.45) is -3.46. The Morgan fingerprint density at radius 1 is 1.35 bits per heavy atom. The fourth-order valence-corrected chi connectivity index (χ4v) is 3.42. The van der Waals surface area contributed by atoms with Gasteiger partial charge in [0.2, 0.25) is 0 Å². The fourth-order valence-electron chi connectivity index (χ4n) is 3.42. The van der Waals surface area contributed by atoms with Gasteiger partial charge in [-0.05, 0) is 19.3 Å². The van der Waals surface area contributed by atoms with Gasteiger partial charge in [-0.15, -0.1) is 0 Å². The van der Waals surface area contributed by atoms with Gasteiger partial charge in [0.25, 0.3) is 0 Å². The van der Waals surface area contributed by atoms with Crippen molar-refractivity contribution in [3.8, 4) is 0 Å². The predicted molar refractivity (Wildman–Crippen MR) is 67.2 cm³/mol. The zero-order valence-corrected chi connectivity index (χ0v) is 11.6. The summed E-state index contributed by atoms with van der Waals surface area (Å²) in [5, 5.41) is 3.15. The number of ether oxygens (including phenoxy) is 1. The Hall–Kier alpha value is -0.820. The number of halogens is 3. The standard InChI is InChI=1S/C13H21F3N2O2/c1-20-11(19)12(18-7-5-17-6-8-18)4-2-3-10(9-12)13(14,15)16/h10,17H,2-9H2,1H3. The zero-order valence-electron chi connectivity index (χ0n) is 11.6. The quantitative estimate of drug-likeness (QED) is 0.785. The molecule has 2 fully saturated rings. The van der Waals surface area contributed by atoms with Crippen LogP contribution in [0.1, 0.15) is 25.7 Å². The molecule has 116 valence electrons.